The number of rotatable bonds is 6. The highest BCUT2D eigenvalue weighted by Crippen LogP contribution is 2.07. The molecule has 110 valence electrons. The van der Waals surface area contributed by atoms with Crippen molar-refractivity contribution >= 4 is 12.0 Å². The number of alkyl carbamates (subject to hydrolysis) is 1. The summed E-state index contributed by atoms with van der Waals surface area (Å²) in [5.74, 6) is -0.392. The van der Waals surface area contributed by atoms with Gasteiger partial charge >= 0.3 is 6.09 Å². The zero-order valence-corrected chi connectivity index (χ0v) is 11.7. The molecule has 0 atom stereocenters. The summed E-state index contributed by atoms with van der Waals surface area (Å²) in [4.78, 5) is 23.9. The van der Waals surface area contributed by atoms with E-state index in [4.69, 9.17) is 0 Å². The lowest BCUT2D eigenvalue weighted by molar-refractivity contribution is -0.128. The van der Waals surface area contributed by atoms with Gasteiger partial charge in [-0.15, -0.1) is 0 Å². The van der Waals surface area contributed by atoms with Crippen molar-refractivity contribution in [2.45, 2.75) is 13.3 Å². The minimum atomic E-state index is -0.539. The monoisotopic (exact) mass is 282 g/mol. The quantitative estimate of drug-likeness (QED) is 0.861. The Morgan fingerprint density at radius 1 is 1.30 bits per heavy atom. The molecule has 0 fully saturated rings. The van der Waals surface area contributed by atoms with Crippen LogP contribution in [0.15, 0.2) is 24.3 Å². The number of ether oxygens (including phenoxy) is 1. The molecule has 20 heavy (non-hydrogen) atoms. The number of carbonyl (C=O) groups excluding carboxylic acids is 2. The fourth-order valence-corrected chi connectivity index (χ4v) is 1.75. The summed E-state index contributed by atoms with van der Waals surface area (Å²) < 4.78 is 17.9. The summed E-state index contributed by atoms with van der Waals surface area (Å²) in [5.41, 5.74) is 0.569. The topological polar surface area (TPSA) is 58.6 Å². The van der Waals surface area contributed by atoms with Crippen molar-refractivity contribution in [1.29, 1.82) is 0 Å². The molecule has 0 aliphatic carbocycles. The molecule has 6 heteroatoms. The first kappa shape index (κ1) is 15.9. The highest BCUT2D eigenvalue weighted by Gasteiger charge is 2.10. The average Bonchev–Trinajstić information content (AvgIpc) is 2.43. The Labute approximate surface area is 117 Å². The van der Waals surface area contributed by atoms with Crippen LogP contribution in [0.1, 0.15) is 12.5 Å². The summed E-state index contributed by atoms with van der Waals surface area (Å²) >= 11 is 0. The first-order valence-corrected chi connectivity index (χ1v) is 6.35. The molecule has 0 unspecified atom stereocenters. The van der Waals surface area contributed by atoms with Crippen LogP contribution in [-0.2, 0) is 16.0 Å². The zero-order chi connectivity index (χ0) is 15.0. The summed E-state index contributed by atoms with van der Waals surface area (Å²) in [6, 6.07) is 6.48. The number of halogens is 1. The van der Waals surface area contributed by atoms with Crippen LogP contribution in [0.25, 0.3) is 0 Å². The number of hydrogen-bond acceptors (Lipinski definition) is 3. The molecule has 0 aromatic heterocycles. The van der Waals surface area contributed by atoms with E-state index >= 15 is 0 Å². The fraction of sp³-hybridized carbons (Fsp3) is 0.429. The maximum atomic E-state index is 13.5. The van der Waals surface area contributed by atoms with Crippen molar-refractivity contribution in [1.82, 2.24) is 10.2 Å². The van der Waals surface area contributed by atoms with E-state index in [1.807, 2.05) is 0 Å². The van der Waals surface area contributed by atoms with Gasteiger partial charge in [-0.25, -0.2) is 9.18 Å². The van der Waals surface area contributed by atoms with Gasteiger partial charge in [-0.05, 0) is 18.1 Å². The molecule has 0 saturated heterocycles. The lowest BCUT2D eigenvalue weighted by Gasteiger charge is -2.21. The fourth-order valence-electron chi connectivity index (χ4n) is 1.75. The molecular weight excluding hydrogens is 263 g/mol. The predicted octanol–water partition coefficient (Wildman–Crippen LogP) is 1.57. The van der Waals surface area contributed by atoms with Crippen LogP contribution in [0.5, 0.6) is 0 Å². The van der Waals surface area contributed by atoms with E-state index in [0.29, 0.717) is 31.6 Å². The Bertz CT molecular complexity index is 465. The lowest BCUT2D eigenvalue weighted by Crippen LogP contribution is -2.38. The Hall–Kier alpha value is -2.11. The number of methoxy groups -OCH3 is 1. The molecule has 1 aromatic carbocycles. The predicted molar refractivity (Wildman–Crippen MR) is 72.8 cm³/mol. The second-order valence-corrected chi connectivity index (χ2v) is 4.27. The van der Waals surface area contributed by atoms with Crippen molar-refractivity contribution < 1.29 is 18.7 Å². The SMILES string of the molecule is COC(=O)NCCN(CCc1ccccc1F)C(C)=O. The van der Waals surface area contributed by atoms with Gasteiger partial charge in [0.15, 0.2) is 0 Å². The van der Waals surface area contributed by atoms with E-state index in [1.54, 1.807) is 23.1 Å². The average molecular weight is 282 g/mol. The molecule has 0 radical (unpaired) electrons. The summed E-state index contributed by atoms with van der Waals surface area (Å²) in [7, 11) is 1.27. The van der Waals surface area contributed by atoms with Gasteiger partial charge in [0.1, 0.15) is 5.82 Å². The number of benzene rings is 1. The molecule has 0 aliphatic rings. The summed E-state index contributed by atoms with van der Waals surface area (Å²) in [6.45, 7) is 2.50. The second kappa shape index (κ2) is 8.14. The molecule has 0 bridgehead atoms. The largest absolute Gasteiger partial charge is 0.453 e. The molecular formula is C14H19FN2O3. The van der Waals surface area contributed by atoms with Gasteiger partial charge in [0.2, 0.25) is 5.91 Å². The second-order valence-electron chi connectivity index (χ2n) is 4.27. The van der Waals surface area contributed by atoms with E-state index < -0.39 is 6.09 Å². The van der Waals surface area contributed by atoms with Crippen molar-refractivity contribution in [3.8, 4) is 0 Å². The molecule has 1 rings (SSSR count). The van der Waals surface area contributed by atoms with E-state index in [-0.39, 0.29) is 11.7 Å². The molecule has 0 spiro atoms. The molecule has 1 N–H and O–H groups in total. The van der Waals surface area contributed by atoms with Crippen LogP contribution < -0.4 is 5.32 Å². The Kier molecular flexibility index (Phi) is 6.49. The first-order valence-electron chi connectivity index (χ1n) is 6.35. The highest BCUT2D eigenvalue weighted by atomic mass is 19.1. The first-order chi connectivity index (χ1) is 9.54. The molecule has 0 heterocycles. The number of hydrogen-bond donors (Lipinski definition) is 1. The van der Waals surface area contributed by atoms with Crippen LogP contribution in [0.2, 0.25) is 0 Å². The van der Waals surface area contributed by atoms with Gasteiger partial charge in [-0.3, -0.25) is 4.79 Å². The summed E-state index contributed by atoms with van der Waals surface area (Å²) in [6.07, 6.45) is -0.104. The van der Waals surface area contributed by atoms with Gasteiger partial charge in [0.05, 0.1) is 7.11 Å². The Balaban J connectivity index is 2.45. The minimum Gasteiger partial charge on any atom is -0.453 e. The molecule has 0 aliphatic heterocycles. The van der Waals surface area contributed by atoms with Gasteiger partial charge in [-0.2, -0.15) is 0 Å². The van der Waals surface area contributed by atoms with Crippen LogP contribution >= 0.6 is 0 Å². The normalized spacial score (nSPS) is 9.95. The van der Waals surface area contributed by atoms with Gasteiger partial charge in [0, 0.05) is 26.6 Å². The Morgan fingerprint density at radius 3 is 2.60 bits per heavy atom. The van der Waals surface area contributed by atoms with E-state index in [0.717, 1.165) is 0 Å². The Morgan fingerprint density at radius 2 is 2.00 bits per heavy atom. The van der Waals surface area contributed by atoms with Gasteiger partial charge in [0.25, 0.3) is 0 Å². The van der Waals surface area contributed by atoms with E-state index in [2.05, 4.69) is 10.1 Å². The zero-order valence-electron chi connectivity index (χ0n) is 11.7. The lowest BCUT2D eigenvalue weighted by atomic mass is 10.1. The standard InChI is InChI=1S/C14H19FN2O3/c1-11(18)17(10-8-16-14(19)20-2)9-7-12-5-3-4-6-13(12)15/h3-6H,7-10H2,1-2H3,(H,16,19). The van der Waals surface area contributed by atoms with Crippen molar-refractivity contribution in [2.75, 3.05) is 26.7 Å². The number of nitrogens with zero attached hydrogens (tertiary/aromatic N) is 1. The van der Waals surface area contributed by atoms with Gasteiger partial charge in [-0.1, -0.05) is 18.2 Å². The van der Waals surface area contributed by atoms with E-state index in [1.165, 1.54) is 20.1 Å². The van der Waals surface area contributed by atoms with Crippen molar-refractivity contribution in [3.63, 3.8) is 0 Å². The van der Waals surface area contributed by atoms with E-state index in [9.17, 15) is 14.0 Å². The third-order valence-corrected chi connectivity index (χ3v) is 2.89. The molecule has 1 aromatic rings. The van der Waals surface area contributed by atoms with Crippen LogP contribution in [0, 0.1) is 5.82 Å². The van der Waals surface area contributed by atoms with Crippen LogP contribution in [0.3, 0.4) is 0 Å². The smallest absolute Gasteiger partial charge is 0.406 e. The minimum absolute atomic E-state index is 0.118. The third-order valence-electron chi connectivity index (χ3n) is 2.89. The molecule has 5 nitrogen and oxygen atoms in total. The van der Waals surface area contributed by atoms with Crippen LogP contribution in [0.4, 0.5) is 9.18 Å². The molecule has 0 saturated carbocycles. The number of nitrogens with one attached hydrogen (secondary N) is 1. The van der Waals surface area contributed by atoms with Gasteiger partial charge < -0.3 is 15.0 Å². The van der Waals surface area contributed by atoms with Crippen LogP contribution in [-0.4, -0.2) is 43.6 Å². The summed E-state index contributed by atoms with van der Waals surface area (Å²) in [5, 5.41) is 2.50. The van der Waals surface area contributed by atoms with Crippen molar-refractivity contribution in [3.05, 3.63) is 35.6 Å². The highest BCUT2D eigenvalue weighted by molar-refractivity contribution is 5.73. The molecule has 2 amide bonds. The number of carbonyl (C=O) groups is 2. The maximum absolute atomic E-state index is 13.5. The van der Waals surface area contributed by atoms with Crippen molar-refractivity contribution in [2.24, 2.45) is 0 Å². The number of amides is 2. The third kappa shape index (κ3) is 5.26. The maximum Gasteiger partial charge on any atom is 0.406 e.